The topological polar surface area (TPSA) is 67.9 Å². The molecular weight excluding hydrogens is 320 g/mol. The van der Waals surface area contributed by atoms with Gasteiger partial charge in [0.25, 0.3) is 5.91 Å². The normalized spacial score (nSPS) is 12.2. The molecule has 0 atom stereocenters. The van der Waals surface area contributed by atoms with Crippen LogP contribution < -0.4 is 5.32 Å². The molecular formula is C19H20N2O4. The van der Waals surface area contributed by atoms with Crippen LogP contribution >= 0.6 is 0 Å². The third-order valence-corrected chi connectivity index (χ3v) is 4.35. The van der Waals surface area contributed by atoms with Gasteiger partial charge in [-0.15, -0.1) is 0 Å². The fourth-order valence-corrected chi connectivity index (χ4v) is 3.01. The van der Waals surface area contributed by atoms with Crippen molar-refractivity contribution >= 4 is 12.0 Å². The number of carbonyl (C=O) groups excluding carboxylic acids is 2. The zero-order valence-electron chi connectivity index (χ0n) is 14.2. The number of fused-ring (bicyclic) bond motifs is 3. The van der Waals surface area contributed by atoms with Gasteiger partial charge < -0.3 is 10.1 Å². The number of ether oxygens (including phenoxy) is 1. The molecule has 6 heteroatoms. The van der Waals surface area contributed by atoms with Crippen LogP contribution in [0, 0.1) is 0 Å². The SMILES string of the molecule is CON(C)C(=O)CNC(=O)OCC1c2ccccc2-c2ccccc21. The van der Waals surface area contributed by atoms with Gasteiger partial charge in [0.15, 0.2) is 0 Å². The van der Waals surface area contributed by atoms with E-state index in [0.29, 0.717) is 0 Å². The van der Waals surface area contributed by atoms with Crippen LogP contribution in [0.25, 0.3) is 11.1 Å². The van der Waals surface area contributed by atoms with E-state index in [1.807, 2.05) is 24.3 Å². The van der Waals surface area contributed by atoms with Gasteiger partial charge >= 0.3 is 6.09 Å². The molecule has 3 rings (SSSR count). The lowest BCUT2D eigenvalue weighted by atomic mass is 9.98. The lowest BCUT2D eigenvalue weighted by Gasteiger charge is -2.16. The first-order valence-corrected chi connectivity index (χ1v) is 8.01. The molecule has 0 spiro atoms. The Kier molecular flexibility index (Phi) is 5.00. The number of hydrogen-bond acceptors (Lipinski definition) is 4. The van der Waals surface area contributed by atoms with Gasteiger partial charge in [0.1, 0.15) is 13.2 Å². The molecule has 0 bridgehead atoms. The molecule has 0 radical (unpaired) electrons. The summed E-state index contributed by atoms with van der Waals surface area (Å²) in [4.78, 5) is 28.2. The molecule has 1 N–H and O–H groups in total. The highest BCUT2D eigenvalue weighted by Crippen LogP contribution is 2.44. The van der Waals surface area contributed by atoms with Gasteiger partial charge in [-0.1, -0.05) is 48.5 Å². The molecule has 130 valence electrons. The summed E-state index contributed by atoms with van der Waals surface area (Å²) < 4.78 is 5.34. The first-order chi connectivity index (χ1) is 12.1. The Morgan fingerprint density at radius 3 is 2.16 bits per heavy atom. The summed E-state index contributed by atoms with van der Waals surface area (Å²) in [7, 11) is 2.85. The smallest absolute Gasteiger partial charge is 0.407 e. The number of amides is 2. The molecule has 0 aromatic heterocycles. The zero-order valence-corrected chi connectivity index (χ0v) is 14.2. The maximum absolute atomic E-state index is 11.9. The highest BCUT2D eigenvalue weighted by Gasteiger charge is 2.29. The standard InChI is InChI=1S/C19H20N2O4/c1-21(24-2)18(22)11-20-19(23)25-12-17-15-9-5-3-7-13(15)14-8-4-6-10-16(14)17/h3-10,17H,11-12H2,1-2H3,(H,20,23). The molecule has 1 aliphatic carbocycles. The van der Waals surface area contributed by atoms with Crippen molar-refractivity contribution in [2.45, 2.75) is 5.92 Å². The Hall–Kier alpha value is -2.86. The summed E-state index contributed by atoms with van der Waals surface area (Å²) in [5.41, 5.74) is 4.63. The number of hydrogen-bond donors (Lipinski definition) is 1. The molecule has 0 saturated carbocycles. The zero-order chi connectivity index (χ0) is 17.8. The second-order valence-corrected chi connectivity index (χ2v) is 5.75. The molecule has 1 aliphatic rings. The van der Waals surface area contributed by atoms with Crippen LogP contribution in [0.2, 0.25) is 0 Å². The van der Waals surface area contributed by atoms with Crippen molar-refractivity contribution in [3.05, 3.63) is 59.7 Å². The molecule has 6 nitrogen and oxygen atoms in total. The van der Waals surface area contributed by atoms with E-state index in [4.69, 9.17) is 9.57 Å². The van der Waals surface area contributed by atoms with E-state index in [2.05, 4.69) is 29.6 Å². The molecule has 0 heterocycles. The molecule has 25 heavy (non-hydrogen) atoms. The van der Waals surface area contributed by atoms with Gasteiger partial charge in [-0.2, -0.15) is 0 Å². The van der Waals surface area contributed by atoms with E-state index in [1.54, 1.807) is 0 Å². The Morgan fingerprint density at radius 1 is 1.04 bits per heavy atom. The molecule has 0 fully saturated rings. The number of nitrogens with one attached hydrogen (secondary N) is 1. The van der Waals surface area contributed by atoms with Crippen LogP contribution in [0.1, 0.15) is 17.0 Å². The molecule has 0 unspecified atom stereocenters. The van der Waals surface area contributed by atoms with Crippen molar-refractivity contribution in [3.8, 4) is 11.1 Å². The third kappa shape index (κ3) is 3.49. The van der Waals surface area contributed by atoms with Crippen LogP contribution in [0.15, 0.2) is 48.5 Å². The fraction of sp³-hybridized carbons (Fsp3) is 0.263. The summed E-state index contributed by atoms with van der Waals surface area (Å²) in [5, 5.41) is 3.48. The maximum Gasteiger partial charge on any atom is 0.407 e. The number of hydroxylamine groups is 2. The molecule has 2 aromatic rings. The van der Waals surface area contributed by atoms with Gasteiger partial charge in [-0.05, 0) is 22.3 Å². The van der Waals surface area contributed by atoms with Crippen LogP contribution in [0.4, 0.5) is 4.79 Å². The minimum absolute atomic E-state index is 0.00417. The summed E-state index contributed by atoms with van der Waals surface area (Å²) in [6.45, 7) is 0.0369. The largest absolute Gasteiger partial charge is 0.449 e. The van der Waals surface area contributed by atoms with Crippen molar-refractivity contribution in [2.24, 2.45) is 0 Å². The number of benzene rings is 2. The van der Waals surface area contributed by atoms with Gasteiger partial charge in [0.2, 0.25) is 0 Å². The van der Waals surface area contributed by atoms with Crippen molar-refractivity contribution in [3.63, 3.8) is 0 Å². The Balaban J connectivity index is 1.64. The Labute approximate surface area is 146 Å². The Bertz CT molecular complexity index is 745. The van der Waals surface area contributed by atoms with Gasteiger partial charge in [-0.3, -0.25) is 9.63 Å². The van der Waals surface area contributed by atoms with E-state index < -0.39 is 6.09 Å². The van der Waals surface area contributed by atoms with Gasteiger partial charge in [-0.25, -0.2) is 9.86 Å². The van der Waals surface area contributed by atoms with E-state index in [0.717, 1.165) is 16.2 Å². The van der Waals surface area contributed by atoms with E-state index in [1.165, 1.54) is 25.3 Å². The lowest BCUT2D eigenvalue weighted by molar-refractivity contribution is -0.167. The predicted molar refractivity (Wildman–Crippen MR) is 92.9 cm³/mol. The fourth-order valence-electron chi connectivity index (χ4n) is 3.01. The number of carbonyl (C=O) groups is 2. The third-order valence-electron chi connectivity index (χ3n) is 4.35. The maximum atomic E-state index is 11.9. The minimum Gasteiger partial charge on any atom is -0.449 e. The average molecular weight is 340 g/mol. The van der Waals surface area contributed by atoms with Crippen molar-refractivity contribution in [1.82, 2.24) is 10.4 Å². The van der Waals surface area contributed by atoms with E-state index >= 15 is 0 Å². The number of rotatable bonds is 5. The van der Waals surface area contributed by atoms with Crippen molar-refractivity contribution < 1.29 is 19.2 Å². The second-order valence-electron chi connectivity index (χ2n) is 5.75. The number of alkyl carbamates (subject to hydrolysis) is 1. The summed E-state index contributed by atoms with van der Waals surface area (Å²) in [5.74, 6) is -0.369. The highest BCUT2D eigenvalue weighted by molar-refractivity contribution is 5.81. The predicted octanol–water partition coefficient (Wildman–Crippen LogP) is 2.54. The first kappa shape index (κ1) is 17.0. The molecule has 2 aromatic carbocycles. The van der Waals surface area contributed by atoms with Crippen molar-refractivity contribution in [1.29, 1.82) is 0 Å². The quantitative estimate of drug-likeness (QED) is 0.850. The van der Waals surface area contributed by atoms with Crippen LogP contribution in [-0.4, -0.2) is 44.4 Å². The number of nitrogens with zero attached hydrogens (tertiary/aromatic N) is 1. The van der Waals surface area contributed by atoms with Crippen LogP contribution in [0.3, 0.4) is 0 Å². The monoisotopic (exact) mass is 340 g/mol. The van der Waals surface area contributed by atoms with Crippen LogP contribution in [0.5, 0.6) is 0 Å². The van der Waals surface area contributed by atoms with E-state index in [9.17, 15) is 9.59 Å². The molecule has 0 aliphatic heterocycles. The summed E-state index contributed by atoms with van der Waals surface area (Å²) in [6, 6.07) is 16.2. The van der Waals surface area contributed by atoms with Gasteiger partial charge in [0.05, 0.1) is 7.11 Å². The molecule has 0 saturated heterocycles. The average Bonchev–Trinajstić information content (AvgIpc) is 2.97. The number of likely N-dealkylation sites (N-methyl/N-ethyl adjacent to an activating group) is 1. The first-order valence-electron chi connectivity index (χ1n) is 8.01. The summed E-state index contributed by atoms with van der Waals surface area (Å²) >= 11 is 0. The minimum atomic E-state index is -0.625. The summed E-state index contributed by atoms with van der Waals surface area (Å²) in [6.07, 6.45) is -0.625. The molecule has 2 amide bonds. The van der Waals surface area contributed by atoms with Gasteiger partial charge in [0, 0.05) is 13.0 Å². The Morgan fingerprint density at radius 2 is 1.60 bits per heavy atom. The second kappa shape index (κ2) is 7.36. The lowest BCUT2D eigenvalue weighted by Crippen LogP contribution is -2.38. The van der Waals surface area contributed by atoms with Crippen molar-refractivity contribution in [2.75, 3.05) is 27.3 Å². The highest BCUT2D eigenvalue weighted by atomic mass is 16.7. The van der Waals surface area contributed by atoms with Crippen LogP contribution in [-0.2, 0) is 14.4 Å². The van der Waals surface area contributed by atoms with E-state index in [-0.39, 0.29) is 25.0 Å².